The Kier molecular flexibility index (Phi) is 12.8. The molecule has 0 rings (SSSR count). The summed E-state index contributed by atoms with van der Waals surface area (Å²) in [6.45, 7) is 3.94. The zero-order valence-corrected chi connectivity index (χ0v) is 14.0. The van der Waals surface area contributed by atoms with Crippen LogP contribution in [0.3, 0.4) is 0 Å². The molecule has 0 aliphatic carbocycles. The van der Waals surface area contributed by atoms with Crippen molar-refractivity contribution in [3.8, 4) is 0 Å². The van der Waals surface area contributed by atoms with Crippen molar-refractivity contribution in [3.05, 3.63) is 0 Å². The average molecular weight is 274 g/mol. The molecule has 0 bridgehead atoms. The largest absolute Gasteiger partial charge is 1.00 e. The zero-order chi connectivity index (χ0) is 12.6. The smallest absolute Gasteiger partial charge is 0.748 e. The van der Waals surface area contributed by atoms with Gasteiger partial charge in [0.15, 0.2) is 0 Å². The number of hydrogen-bond donors (Lipinski definition) is 1. The minimum Gasteiger partial charge on any atom is -0.748 e. The quantitative estimate of drug-likeness (QED) is 0.333. The first kappa shape index (κ1) is 20.2. The molecule has 0 aliphatic heterocycles. The van der Waals surface area contributed by atoms with Gasteiger partial charge in [0.1, 0.15) is 0 Å². The fourth-order valence-corrected chi connectivity index (χ4v) is 2.67. The van der Waals surface area contributed by atoms with Gasteiger partial charge in [0.2, 0.25) is 0 Å². The van der Waals surface area contributed by atoms with Crippen molar-refractivity contribution in [1.82, 2.24) is 0 Å². The molecule has 0 saturated carbocycles. The molecule has 2 unspecified atom stereocenters. The van der Waals surface area contributed by atoms with Gasteiger partial charge in [-0.15, -0.1) is 0 Å². The molecule has 17 heavy (non-hydrogen) atoms. The van der Waals surface area contributed by atoms with Crippen LogP contribution in [-0.2, 0) is 10.1 Å². The van der Waals surface area contributed by atoms with Crippen molar-refractivity contribution < 1.29 is 47.6 Å². The fraction of sp³-hybridized carbons (Fsp3) is 1.00. The first-order valence-electron chi connectivity index (χ1n) is 6.04. The maximum absolute atomic E-state index is 11.0. The number of unbranched alkanes of at least 4 members (excludes halogenated alkanes) is 2. The van der Waals surface area contributed by atoms with Gasteiger partial charge in [0, 0.05) is 0 Å². The van der Waals surface area contributed by atoms with E-state index in [4.69, 9.17) is 0 Å². The van der Waals surface area contributed by atoms with Crippen LogP contribution in [0.4, 0.5) is 0 Å². The van der Waals surface area contributed by atoms with E-state index in [0.29, 0.717) is 12.8 Å². The third kappa shape index (κ3) is 10.5. The molecule has 0 aromatic rings. The van der Waals surface area contributed by atoms with E-state index < -0.39 is 21.5 Å². The maximum atomic E-state index is 11.0. The molecule has 0 saturated heterocycles. The second-order valence-corrected chi connectivity index (χ2v) is 5.94. The van der Waals surface area contributed by atoms with Gasteiger partial charge in [-0.25, -0.2) is 8.42 Å². The van der Waals surface area contributed by atoms with Gasteiger partial charge >= 0.3 is 29.6 Å². The van der Waals surface area contributed by atoms with Crippen molar-refractivity contribution in [2.75, 3.05) is 0 Å². The van der Waals surface area contributed by atoms with E-state index in [0.717, 1.165) is 25.7 Å². The van der Waals surface area contributed by atoms with Crippen LogP contribution in [0.2, 0.25) is 0 Å². The molecular weight excluding hydrogens is 251 g/mol. The van der Waals surface area contributed by atoms with Gasteiger partial charge in [0.05, 0.1) is 21.5 Å². The molecule has 4 nitrogen and oxygen atoms in total. The summed E-state index contributed by atoms with van der Waals surface area (Å²) in [6, 6.07) is 0. The molecule has 1 N–H and O–H groups in total. The van der Waals surface area contributed by atoms with E-state index in [1.807, 2.05) is 13.8 Å². The summed E-state index contributed by atoms with van der Waals surface area (Å²) in [6.07, 6.45) is 3.80. The van der Waals surface area contributed by atoms with E-state index in [-0.39, 0.29) is 36.0 Å². The Hall–Kier alpha value is 0.870. The Bertz CT molecular complexity index is 267. The van der Waals surface area contributed by atoms with E-state index >= 15 is 0 Å². The SMILES string of the molecule is CCCCCC(CC(O)CCC)S(=O)(=O)[O-].[Na+]. The monoisotopic (exact) mass is 274 g/mol. The molecule has 0 aromatic heterocycles. The summed E-state index contributed by atoms with van der Waals surface area (Å²) in [7, 11) is -4.27. The molecule has 2 atom stereocenters. The number of aliphatic hydroxyl groups excluding tert-OH is 1. The second-order valence-electron chi connectivity index (χ2n) is 4.29. The summed E-state index contributed by atoms with van der Waals surface area (Å²) in [5.74, 6) is 0. The van der Waals surface area contributed by atoms with Crippen LogP contribution in [-0.4, -0.2) is 29.4 Å². The summed E-state index contributed by atoms with van der Waals surface area (Å²) >= 11 is 0. The molecular formula is C11H23NaO4S. The van der Waals surface area contributed by atoms with Crippen LogP contribution in [0.1, 0.15) is 58.8 Å². The number of aliphatic hydroxyl groups is 1. The topological polar surface area (TPSA) is 77.4 Å². The van der Waals surface area contributed by atoms with E-state index in [9.17, 15) is 18.1 Å². The standard InChI is InChI=1S/C11H24O4S.Na/c1-3-5-6-8-11(16(13,14)15)9-10(12)7-4-2;/h10-12H,3-9H2,1-2H3,(H,13,14,15);/q;+1/p-1. The van der Waals surface area contributed by atoms with E-state index in [1.54, 1.807) is 0 Å². The van der Waals surface area contributed by atoms with Crippen molar-refractivity contribution in [2.24, 2.45) is 0 Å². The molecule has 0 amide bonds. The molecule has 0 fully saturated rings. The van der Waals surface area contributed by atoms with Gasteiger partial charge in [-0.05, 0) is 19.3 Å². The van der Waals surface area contributed by atoms with Crippen LogP contribution in [0.15, 0.2) is 0 Å². The Morgan fingerprint density at radius 1 is 1.12 bits per heavy atom. The minimum absolute atomic E-state index is 0. The Morgan fingerprint density at radius 3 is 2.12 bits per heavy atom. The van der Waals surface area contributed by atoms with Crippen molar-refractivity contribution in [3.63, 3.8) is 0 Å². The number of hydrogen-bond acceptors (Lipinski definition) is 4. The molecule has 0 spiro atoms. The first-order chi connectivity index (χ1) is 7.41. The van der Waals surface area contributed by atoms with Crippen LogP contribution in [0.5, 0.6) is 0 Å². The van der Waals surface area contributed by atoms with Gasteiger partial charge < -0.3 is 9.66 Å². The van der Waals surface area contributed by atoms with Crippen molar-refractivity contribution in [2.45, 2.75) is 70.1 Å². The Morgan fingerprint density at radius 2 is 1.71 bits per heavy atom. The van der Waals surface area contributed by atoms with Crippen molar-refractivity contribution in [1.29, 1.82) is 0 Å². The summed E-state index contributed by atoms with van der Waals surface area (Å²) in [5, 5.41) is 8.62. The number of rotatable bonds is 9. The van der Waals surface area contributed by atoms with Crippen LogP contribution in [0, 0.1) is 0 Å². The van der Waals surface area contributed by atoms with Gasteiger partial charge in [-0.3, -0.25) is 0 Å². The second kappa shape index (κ2) is 10.8. The van der Waals surface area contributed by atoms with Crippen LogP contribution >= 0.6 is 0 Å². The zero-order valence-electron chi connectivity index (χ0n) is 11.2. The van der Waals surface area contributed by atoms with Gasteiger partial charge in [-0.1, -0.05) is 39.5 Å². The molecule has 0 radical (unpaired) electrons. The minimum atomic E-state index is -4.27. The van der Waals surface area contributed by atoms with Crippen molar-refractivity contribution >= 4 is 10.1 Å². The molecule has 0 heterocycles. The summed E-state index contributed by atoms with van der Waals surface area (Å²) < 4.78 is 33.0. The van der Waals surface area contributed by atoms with E-state index in [2.05, 4.69) is 0 Å². The third-order valence-corrected chi connectivity index (χ3v) is 3.94. The molecule has 6 heteroatoms. The summed E-state index contributed by atoms with van der Waals surface area (Å²) in [4.78, 5) is 0. The van der Waals surface area contributed by atoms with Gasteiger partial charge in [0.25, 0.3) is 0 Å². The van der Waals surface area contributed by atoms with Crippen LogP contribution < -0.4 is 29.6 Å². The average Bonchev–Trinajstić information content (AvgIpc) is 2.15. The molecule has 98 valence electrons. The van der Waals surface area contributed by atoms with Crippen LogP contribution in [0.25, 0.3) is 0 Å². The maximum Gasteiger partial charge on any atom is 1.00 e. The van der Waals surface area contributed by atoms with Gasteiger partial charge in [-0.2, -0.15) is 0 Å². The predicted octanol–water partition coefficient (Wildman–Crippen LogP) is -0.964. The normalized spacial score (nSPS) is 15.1. The van der Waals surface area contributed by atoms with E-state index in [1.165, 1.54) is 0 Å². The Labute approximate surface area is 127 Å². The molecule has 0 aromatic carbocycles. The predicted molar refractivity (Wildman–Crippen MR) is 63.2 cm³/mol. The fourth-order valence-electron chi connectivity index (χ4n) is 1.76. The Balaban J connectivity index is 0. The molecule has 0 aliphatic rings. The summed E-state index contributed by atoms with van der Waals surface area (Å²) in [5.41, 5.74) is 0. The first-order valence-corrected chi connectivity index (χ1v) is 7.51. The third-order valence-electron chi connectivity index (χ3n) is 2.69.